The Bertz CT molecular complexity index is 553. The van der Waals surface area contributed by atoms with Crippen molar-refractivity contribution in [3.8, 4) is 12.0 Å². The molecule has 1 saturated carbocycles. The molecule has 8 heteroatoms. The third-order valence-electron chi connectivity index (χ3n) is 3.42. The Morgan fingerprint density at radius 3 is 2.90 bits per heavy atom. The molecule has 0 bridgehead atoms. The maximum absolute atomic E-state index is 5.59. The number of hydrazine groups is 1. The maximum atomic E-state index is 5.59. The molecule has 106 valence electrons. The molecule has 0 aliphatic heterocycles. The van der Waals surface area contributed by atoms with Crippen LogP contribution in [0.2, 0.25) is 0 Å². The van der Waals surface area contributed by atoms with Crippen molar-refractivity contribution in [2.24, 2.45) is 11.8 Å². The summed E-state index contributed by atoms with van der Waals surface area (Å²) in [6.07, 6.45) is 8.36. The van der Waals surface area contributed by atoms with Gasteiger partial charge in [-0.3, -0.25) is 5.43 Å². The highest BCUT2D eigenvalue weighted by Gasteiger charge is 2.17. The SMILES string of the molecule is NNc1nc(OCCC2CCC2)nc(-n2cccn2)n1. The Kier molecular flexibility index (Phi) is 3.73. The minimum atomic E-state index is 0.254. The van der Waals surface area contributed by atoms with Crippen molar-refractivity contribution in [2.75, 3.05) is 12.0 Å². The van der Waals surface area contributed by atoms with E-state index < -0.39 is 0 Å². The van der Waals surface area contributed by atoms with Crippen LogP contribution in [0, 0.1) is 5.92 Å². The highest BCUT2D eigenvalue weighted by atomic mass is 16.5. The minimum Gasteiger partial charge on any atom is -0.463 e. The van der Waals surface area contributed by atoms with E-state index in [-0.39, 0.29) is 12.0 Å². The molecule has 0 saturated heterocycles. The number of hydrogen-bond acceptors (Lipinski definition) is 7. The van der Waals surface area contributed by atoms with E-state index in [1.165, 1.54) is 23.9 Å². The maximum Gasteiger partial charge on any atom is 0.323 e. The van der Waals surface area contributed by atoms with Crippen LogP contribution in [0.4, 0.5) is 5.95 Å². The van der Waals surface area contributed by atoms with Crippen molar-refractivity contribution >= 4 is 5.95 Å². The Morgan fingerprint density at radius 1 is 1.35 bits per heavy atom. The van der Waals surface area contributed by atoms with Crippen molar-refractivity contribution in [3.63, 3.8) is 0 Å². The molecule has 3 N–H and O–H groups in total. The molecule has 0 unspecified atom stereocenters. The van der Waals surface area contributed by atoms with Crippen molar-refractivity contribution < 1.29 is 4.74 Å². The number of rotatable bonds is 6. The van der Waals surface area contributed by atoms with Crippen LogP contribution in [0.1, 0.15) is 25.7 Å². The summed E-state index contributed by atoms with van der Waals surface area (Å²) in [7, 11) is 0. The monoisotopic (exact) mass is 275 g/mol. The normalized spacial score (nSPS) is 14.8. The van der Waals surface area contributed by atoms with E-state index >= 15 is 0 Å². The van der Waals surface area contributed by atoms with Crippen LogP contribution in [-0.4, -0.2) is 31.3 Å². The van der Waals surface area contributed by atoms with Crippen molar-refractivity contribution in [1.82, 2.24) is 24.7 Å². The van der Waals surface area contributed by atoms with Gasteiger partial charge in [0.25, 0.3) is 5.95 Å². The molecule has 0 radical (unpaired) electrons. The van der Waals surface area contributed by atoms with Gasteiger partial charge in [0.15, 0.2) is 0 Å². The number of nitrogens with zero attached hydrogens (tertiary/aromatic N) is 5. The summed E-state index contributed by atoms with van der Waals surface area (Å²) < 4.78 is 7.12. The second-order valence-corrected chi connectivity index (χ2v) is 4.77. The third-order valence-corrected chi connectivity index (χ3v) is 3.42. The van der Waals surface area contributed by atoms with Crippen LogP contribution in [0.25, 0.3) is 5.95 Å². The second-order valence-electron chi connectivity index (χ2n) is 4.77. The lowest BCUT2D eigenvalue weighted by Gasteiger charge is -2.24. The molecule has 0 spiro atoms. The number of hydrogen-bond donors (Lipinski definition) is 2. The van der Waals surface area contributed by atoms with Crippen molar-refractivity contribution in [2.45, 2.75) is 25.7 Å². The van der Waals surface area contributed by atoms with Crippen LogP contribution < -0.4 is 16.0 Å². The van der Waals surface area contributed by atoms with Gasteiger partial charge in [-0.05, 0) is 18.4 Å². The van der Waals surface area contributed by atoms with Gasteiger partial charge < -0.3 is 4.74 Å². The topological polar surface area (TPSA) is 104 Å². The molecule has 0 aromatic carbocycles. The quantitative estimate of drug-likeness (QED) is 0.596. The summed E-state index contributed by atoms with van der Waals surface area (Å²) in [4.78, 5) is 12.4. The standard InChI is InChI=1S/C12H17N7O/c13-18-10-15-11(19-7-2-6-14-19)17-12(16-10)20-8-5-9-3-1-4-9/h2,6-7,9H,1,3-5,8,13H2,(H,15,16,17,18). The molecular weight excluding hydrogens is 258 g/mol. The largest absolute Gasteiger partial charge is 0.463 e. The average molecular weight is 275 g/mol. The first-order valence-corrected chi connectivity index (χ1v) is 6.70. The predicted molar refractivity (Wildman–Crippen MR) is 72.2 cm³/mol. The Morgan fingerprint density at radius 2 is 2.25 bits per heavy atom. The molecule has 1 aliphatic rings. The molecule has 1 aliphatic carbocycles. The van der Waals surface area contributed by atoms with Gasteiger partial charge in [0.1, 0.15) is 0 Å². The van der Waals surface area contributed by atoms with Gasteiger partial charge in [0, 0.05) is 12.4 Å². The molecule has 0 amide bonds. The summed E-state index contributed by atoms with van der Waals surface area (Å²) in [6, 6.07) is 2.05. The van der Waals surface area contributed by atoms with Gasteiger partial charge in [0.05, 0.1) is 6.61 Å². The highest BCUT2D eigenvalue weighted by molar-refractivity contribution is 5.28. The molecule has 8 nitrogen and oxygen atoms in total. The molecule has 0 atom stereocenters. The fourth-order valence-electron chi connectivity index (χ4n) is 2.06. The average Bonchev–Trinajstić information content (AvgIpc) is 2.95. The minimum absolute atomic E-state index is 0.254. The zero-order chi connectivity index (χ0) is 13.8. The summed E-state index contributed by atoms with van der Waals surface area (Å²) in [5.74, 6) is 6.77. The lowest BCUT2D eigenvalue weighted by molar-refractivity contribution is 0.211. The predicted octanol–water partition coefficient (Wildman–Crippen LogP) is 0.912. The summed E-state index contributed by atoms with van der Waals surface area (Å²) in [6.45, 7) is 0.608. The molecule has 3 rings (SSSR count). The van der Waals surface area contributed by atoms with Gasteiger partial charge in [0.2, 0.25) is 5.95 Å². The fraction of sp³-hybridized carbons (Fsp3) is 0.500. The Hall–Kier alpha value is -2.22. The molecule has 2 aromatic heterocycles. The van der Waals surface area contributed by atoms with E-state index in [0.717, 1.165) is 12.3 Å². The lowest BCUT2D eigenvalue weighted by atomic mass is 9.83. The molecular formula is C12H17N7O. The van der Waals surface area contributed by atoms with Crippen LogP contribution in [0.5, 0.6) is 6.01 Å². The first-order valence-electron chi connectivity index (χ1n) is 6.70. The third kappa shape index (κ3) is 2.85. The number of nitrogens with two attached hydrogens (primary N) is 1. The lowest BCUT2D eigenvalue weighted by Crippen LogP contribution is -2.17. The number of ether oxygens (including phenoxy) is 1. The zero-order valence-electron chi connectivity index (χ0n) is 11.1. The van der Waals surface area contributed by atoms with Gasteiger partial charge in [-0.1, -0.05) is 19.3 Å². The van der Waals surface area contributed by atoms with Crippen molar-refractivity contribution in [1.29, 1.82) is 0 Å². The van der Waals surface area contributed by atoms with E-state index in [9.17, 15) is 0 Å². The van der Waals surface area contributed by atoms with Gasteiger partial charge in [-0.2, -0.15) is 20.1 Å². The first-order chi connectivity index (χ1) is 9.85. The summed E-state index contributed by atoms with van der Waals surface area (Å²) in [5.41, 5.74) is 2.41. The van der Waals surface area contributed by atoms with E-state index in [0.29, 0.717) is 12.6 Å². The fourth-order valence-corrected chi connectivity index (χ4v) is 2.06. The van der Waals surface area contributed by atoms with Crippen LogP contribution in [0.3, 0.4) is 0 Å². The molecule has 2 aromatic rings. The second kappa shape index (κ2) is 5.83. The van der Waals surface area contributed by atoms with E-state index in [2.05, 4.69) is 25.5 Å². The van der Waals surface area contributed by atoms with Crippen LogP contribution in [0.15, 0.2) is 18.5 Å². The Balaban J connectivity index is 1.70. The van der Waals surface area contributed by atoms with E-state index in [4.69, 9.17) is 10.6 Å². The van der Waals surface area contributed by atoms with Gasteiger partial charge in [-0.25, -0.2) is 10.5 Å². The molecule has 20 heavy (non-hydrogen) atoms. The highest BCUT2D eigenvalue weighted by Crippen LogP contribution is 2.29. The number of aromatic nitrogens is 5. The first kappa shape index (κ1) is 12.8. The zero-order valence-corrected chi connectivity index (χ0v) is 11.1. The van der Waals surface area contributed by atoms with Crippen LogP contribution in [-0.2, 0) is 0 Å². The van der Waals surface area contributed by atoms with Gasteiger partial charge >= 0.3 is 6.01 Å². The summed E-state index contributed by atoms with van der Waals surface area (Å²) >= 11 is 0. The smallest absolute Gasteiger partial charge is 0.323 e. The number of nitrogen functional groups attached to an aromatic ring is 1. The number of nitrogens with one attached hydrogen (secondary N) is 1. The number of anilines is 1. The molecule has 1 fully saturated rings. The van der Waals surface area contributed by atoms with Crippen molar-refractivity contribution in [3.05, 3.63) is 18.5 Å². The van der Waals surface area contributed by atoms with E-state index in [1.54, 1.807) is 18.5 Å². The Labute approximate surface area is 116 Å². The van der Waals surface area contributed by atoms with E-state index in [1.807, 2.05) is 0 Å². The molecule has 2 heterocycles. The van der Waals surface area contributed by atoms with Gasteiger partial charge in [-0.15, -0.1) is 0 Å². The van der Waals surface area contributed by atoms with Crippen LogP contribution >= 0.6 is 0 Å². The summed E-state index contributed by atoms with van der Waals surface area (Å²) in [5, 5.41) is 4.07.